The molecule has 9 heteroatoms. The Kier molecular flexibility index (Phi) is 4.45. The van der Waals surface area contributed by atoms with Crippen LogP contribution in [-0.2, 0) is 10.0 Å². The van der Waals surface area contributed by atoms with Crippen molar-refractivity contribution in [1.82, 2.24) is 5.32 Å². The maximum absolute atomic E-state index is 11.3. The number of likely N-dealkylation sites (N-methyl/N-ethyl adjacent to an activating group) is 1. The van der Waals surface area contributed by atoms with Crippen molar-refractivity contribution >= 4 is 21.4 Å². The van der Waals surface area contributed by atoms with E-state index >= 15 is 0 Å². The van der Waals surface area contributed by atoms with E-state index in [4.69, 9.17) is 5.14 Å². The highest BCUT2D eigenvalue weighted by Gasteiger charge is 2.23. The lowest BCUT2D eigenvalue weighted by atomic mass is 10.2. The SMILES string of the molecule is CN(CC1CCCN1)c1ccc(S(N)(=O)=O)cc1[N+](=O)[O-]. The minimum absolute atomic E-state index is 0.259. The normalized spacial score (nSPS) is 18.7. The summed E-state index contributed by atoms with van der Waals surface area (Å²) in [6.45, 7) is 1.57. The fourth-order valence-electron chi connectivity index (χ4n) is 2.49. The third-order valence-electron chi connectivity index (χ3n) is 3.54. The molecule has 1 unspecified atom stereocenters. The quantitative estimate of drug-likeness (QED) is 0.601. The number of anilines is 1. The number of nitrogens with one attached hydrogen (secondary N) is 1. The van der Waals surface area contributed by atoms with E-state index in [9.17, 15) is 18.5 Å². The van der Waals surface area contributed by atoms with Crippen molar-refractivity contribution in [2.75, 3.05) is 25.0 Å². The molecule has 0 radical (unpaired) electrons. The minimum atomic E-state index is -3.96. The third-order valence-corrected chi connectivity index (χ3v) is 4.45. The Balaban J connectivity index is 2.31. The van der Waals surface area contributed by atoms with E-state index in [1.54, 1.807) is 11.9 Å². The Morgan fingerprint density at radius 3 is 2.76 bits per heavy atom. The lowest BCUT2D eigenvalue weighted by Gasteiger charge is -2.23. The first-order valence-electron chi connectivity index (χ1n) is 6.55. The second kappa shape index (κ2) is 5.96. The van der Waals surface area contributed by atoms with E-state index in [1.165, 1.54) is 12.1 Å². The molecule has 1 aromatic carbocycles. The van der Waals surface area contributed by atoms with Crippen LogP contribution in [0.2, 0.25) is 0 Å². The van der Waals surface area contributed by atoms with Gasteiger partial charge in [-0.05, 0) is 31.5 Å². The van der Waals surface area contributed by atoms with Gasteiger partial charge in [-0.2, -0.15) is 0 Å². The van der Waals surface area contributed by atoms with Crippen molar-refractivity contribution in [1.29, 1.82) is 0 Å². The Morgan fingerprint density at radius 2 is 2.24 bits per heavy atom. The number of sulfonamides is 1. The highest BCUT2D eigenvalue weighted by atomic mass is 32.2. The number of nitrogens with zero attached hydrogens (tertiary/aromatic N) is 2. The van der Waals surface area contributed by atoms with E-state index in [-0.39, 0.29) is 16.6 Å². The predicted octanol–water partition coefficient (Wildman–Crippen LogP) is 0.430. The summed E-state index contributed by atoms with van der Waals surface area (Å²) in [4.78, 5) is 12.1. The average Bonchev–Trinajstić information content (AvgIpc) is 2.89. The molecule has 2 rings (SSSR count). The van der Waals surface area contributed by atoms with Crippen molar-refractivity contribution in [3.8, 4) is 0 Å². The van der Waals surface area contributed by atoms with Gasteiger partial charge in [-0.3, -0.25) is 10.1 Å². The highest BCUT2D eigenvalue weighted by molar-refractivity contribution is 7.89. The summed E-state index contributed by atoms with van der Waals surface area (Å²) >= 11 is 0. The fourth-order valence-corrected chi connectivity index (χ4v) is 3.02. The van der Waals surface area contributed by atoms with E-state index in [0.717, 1.165) is 25.5 Å². The fraction of sp³-hybridized carbons (Fsp3) is 0.500. The van der Waals surface area contributed by atoms with Gasteiger partial charge in [0.25, 0.3) is 5.69 Å². The summed E-state index contributed by atoms with van der Waals surface area (Å²) < 4.78 is 22.6. The summed E-state index contributed by atoms with van der Waals surface area (Å²) in [5.41, 5.74) is 0.114. The van der Waals surface area contributed by atoms with Crippen LogP contribution in [0.5, 0.6) is 0 Å². The molecule has 0 saturated carbocycles. The summed E-state index contributed by atoms with van der Waals surface area (Å²) in [7, 11) is -2.21. The van der Waals surface area contributed by atoms with Gasteiger partial charge in [-0.25, -0.2) is 13.6 Å². The molecule has 1 atom stereocenters. The van der Waals surface area contributed by atoms with Crippen molar-refractivity contribution in [3.05, 3.63) is 28.3 Å². The van der Waals surface area contributed by atoms with Crippen LogP contribution in [-0.4, -0.2) is 39.5 Å². The lowest BCUT2D eigenvalue weighted by molar-refractivity contribution is -0.384. The molecule has 1 aliphatic heterocycles. The highest BCUT2D eigenvalue weighted by Crippen LogP contribution is 2.30. The molecule has 8 nitrogen and oxygen atoms in total. The number of nitro groups is 1. The van der Waals surface area contributed by atoms with Gasteiger partial charge in [0.2, 0.25) is 10.0 Å². The van der Waals surface area contributed by atoms with Crippen LogP contribution >= 0.6 is 0 Å². The minimum Gasteiger partial charge on any atom is -0.367 e. The number of nitro benzene ring substituents is 1. The first-order valence-corrected chi connectivity index (χ1v) is 8.09. The van der Waals surface area contributed by atoms with Gasteiger partial charge in [-0.15, -0.1) is 0 Å². The van der Waals surface area contributed by atoms with Crippen molar-refractivity contribution in [3.63, 3.8) is 0 Å². The number of primary sulfonamides is 1. The molecule has 0 spiro atoms. The van der Waals surface area contributed by atoms with E-state index in [1.807, 2.05) is 0 Å². The Morgan fingerprint density at radius 1 is 1.52 bits per heavy atom. The second-order valence-electron chi connectivity index (χ2n) is 5.13. The zero-order chi connectivity index (χ0) is 15.6. The molecule has 0 aromatic heterocycles. The Hall–Kier alpha value is -1.71. The molecule has 0 bridgehead atoms. The standard InChI is InChI=1S/C12H18N4O4S/c1-15(8-9-3-2-6-14-9)11-5-4-10(21(13,19)20)7-12(11)16(17)18/h4-5,7,9,14H,2-3,6,8H2,1H3,(H2,13,19,20). The van der Waals surface area contributed by atoms with Gasteiger partial charge >= 0.3 is 0 Å². The molecule has 1 aromatic rings. The molecule has 1 heterocycles. The maximum Gasteiger partial charge on any atom is 0.293 e. The first-order chi connectivity index (χ1) is 9.79. The van der Waals surface area contributed by atoms with Crippen LogP contribution in [0.25, 0.3) is 0 Å². The smallest absolute Gasteiger partial charge is 0.293 e. The summed E-state index contributed by atoms with van der Waals surface area (Å²) in [5, 5.41) is 19.5. The topological polar surface area (TPSA) is 119 Å². The van der Waals surface area contributed by atoms with Crippen molar-refractivity contribution < 1.29 is 13.3 Å². The largest absolute Gasteiger partial charge is 0.367 e. The van der Waals surface area contributed by atoms with Crippen LogP contribution in [0, 0.1) is 10.1 Å². The number of benzene rings is 1. The summed E-state index contributed by atoms with van der Waals surface area (Å²) in [6, 6.07) is 4.00. The van der Waals surface area contributed by atoms with Crippen LogP contribution in [0.1, 0.15) is 12.8 Å². The molecule has 21 heavy (non-hydrogen) atoms. The maximum atomic E-state index is 11.3. The van der Waals surface area contributed by atoms with E-state index in [0.29, 0.717) is 12.2 Å². The van der Waals surface area contributed by atoms with Gasteiger partial charge in [0.15, 0.2) is 0 Å². The molecule has 1 aliphatic rings. The van der Waals surface area contributed by atoms with Gasteiger partial charge in [0.1, 0.15) is 5.69 Å². The van der Waals surface area contributed by atoms with Crippen molar-refractivity contribution in [2.24, 2.45) is 5.14 Å². The van der Waals surface area contributed by atoms with Gasteiger partial charge < -0.3 is 10.2 Å². The van der Waals surface area contributed by atoms with E-state index < -0.39 is 14.9 Å². The van der Waals surface area contributed by atoms with Gasteiger partial charge in [0.05, 0.1) is 9.82 Å². The number of nitrogens with two attached hydrogens (primary N) is 1. The second-order valence-corrected chi connectivity index (χ2v) is 6.69. The number of hydrogen-bond donors (Lipinski definition) is 2. The van der Waals surface area contributed by atoms with Gasteiger partial charge in [-0.1, -0.05) is 0 Å². The molecular weight excluding hydrogens is 296 g/mol. The zero-order valence-electron chi connectivity index (χ0n) is 11.7. The molecule has 3 N–H and O–H groups in total. The predicted molar refractivity (Wildman–Crippen MR) is 78.8 cm³/mol. The van der Waals surface area contributed by atoms with Crippen LogP contribution in [0.4, 0.5) is 11.4 Å². The van der Waals surface area contributed by atoms with Crippen molar-refractivity contribution in [2.45, 2.75) is 23.8 Å². The lowest BCUT2D eigenvalue weighted by Crippen LogP contribution is -2.35. The third kappa shape index (κ3) is 3.69. The van der Waals surface area contributed by atoms with Crippen LogP contribution < -0.4 is 15.4 Å². The molecule has 1 saturated heterocycles. The molecular formula is C12H18N4O4S. The summed E-state index contributed by atoms with van der Waals surface area (Å²) in [6.07, 6.45) is 2.11. The number of rotatable bonds is 5. The monoisotopic (exact) mass is 314 g/mol. The average molecular weight is 314 g/mol. The Labute approximate surface area is 123 Å². The molecule has 1 fully saturated rings. The Bertz CT molecular complexity index is 641. The summed E-state index contributed by atoms with van der Waals surface area (Å²) in [5.74, 6) is 0. The molecule has 0 amide bonds. The molecule has 0 aliphatic carbocycles. The molecule has 116 valence electrons. The van der Waals surface area contributed by atoms with E-state index in [2.05, 4.69) is 5.32 Å². The van der Waals surface area contributed by atoms with Crippen LogP contribution in [0.15, 0.2) is 23.1 Å². The zero-order valence-corrected chi connectivity index (χ0v) is 12.5. The first kappa shape index (κ1) is 15.7. The number of hydrogen-bond acceptors (Lipinski definition) is 6. The van der Waals surface area contributed by atoms with Gasteiger partial charge in [0, 0.05) is 25.7 Å². The van der Waals surface area contributed by atoms with Crippen LogP contribution in [0.3, 0.4) is 0 Å².